The molecular weight excluding hydrogens is 202 g/mol. The zero-order valence-electron chi connectivity index (χ0n) is 9.81. The number of methoxy groups -OCH3 is 1. The first kappa shape index (κ1) is 12.5. The van der Waals surface area contributed by atoms with Crippen molar-refractivity contribution in [3.63, 3.8) is 0 Å². The van der Waals surface area contributed by atoms with Gasteiger partial charge >= 0.3 is 0 Å². The molecule has 4 nitrogen and oxygen atoms in total. The molecule has 0 fully saturated rings. The lowest BCUT2D eigenvalue weighted by Crippen LogP contribution is -2.40. The number of aliphatic imine (C=N–C) groups is 1. The molecule has 0 saturated carbocycles. The summed E-state index contributed by atoms with van der Waals surface area (Å²) in [6, 6.07) is 10.2. The van der Waals surface area contributed by atoms with Gasteiger partial charge in [-0.3, -0.25) is 0 Å². The predicted molar refractivity (Wildman–Crippen MR) is 66.2 cm³/mol. The van der Waals surface area contributed by atoms with Gasteiger partial charge < -0.3 is 15.8 Å². The highest BCUT2D eigenvalue weighted by molar-refractivity contribution is 5.78. The summed E-state index contributed by atoms with van der Waals surface area (Å²) in [4.78, 5) is 4.24. The number of nitrogens with zero attached hydrogens (tertiary/aromatic N) is 1. The van der Waals surface area contributed by atoms with Crippen molar-refractivity contribution >= 4 is 5.96 Å². The van der Waals surface area contributed by atoms with E-state index >= 15 is 0 Å². The fourth-order valence-electron chi connectivity index (χ4n) is 1.35. The molecule has 88 valence electrons. The summed E-state index contributed by atoms with van der Waals surface area (Å²) in [7, 11) is 1.66. The Morgan fingerprint density at radius 1 is 1.44 bits per heavy atom. The van der Waals surface area contributed by atoms with Gasteiger partial charge in [-0.25, -0.2) is 4.99 Å². The molecule has 0 heterocycles. The minimum absolute atomic E-state index is 0.171. The summed E-state index contributed by atoms with van der Waals surface area (Å²) < 4.78 is 4.99. The van der Waals surface area contributed by atoms with Crippen molar-refractivity contribution < 1.29 is 4.74 Å². The Hall–Kier alpha value is -1.55. The molecule has 0 bridgehead atoms. The molecule has 1 aromatic rings. The van der Waals surface area contributed by atoms with Crippen LogP contribution in [-0.2, 0) is 11.3 Å². The van der Waals surface area contributed by atoms with E-state index in [1.807, 2.05) is 37.3 Å². The molecule has 0 unspecified atom stereocenters. The van der Waals surface area contributed by atoms with Gasteiger partial charge in [0.25, 0.3) is 0 Å². The van der Waals surface area contributed by atoms with E-state index in [1.165, 1.54) is 0 Å². The van der Waals surface area contributed by atoms with Gasteiger partial charge in [-0.15, -0.1) is 0 Å². The average Bonchev–Trinajstić information content (AvgIpc) is 2.28. The van der Waals surface area contributed by atoms with E-state index in [0.29, 0.717) is 19.1 Å². The van der Waals surface area contributed by atoms with Crippen molar-refractivity contribution in [2.24, 2.45) is 10.7 Å². The maximum atomic E-state index is 5.74. The van der Waals surface area contributed by atoms with Crippen LogP contribution < -0.4 is 11.1 Å². The summed E-state index contributed by atoms with van der Waals surface area (Å²) >= 11 is 0. The monoisotopic (exact) mass is 221 g/mol. The number of hydrogen-bond donors (Lipinski definition) is 2. The Kier molecular flexibility index (Phi) is 5.36. The number of ether oxygens (including phenoxy) is 1. The van der Waals surface area contributed by atoms with Crippen molar-refractivity contribution in [3.8, 4) is 0 Å². The van der Waals surface area contributed by atoms with Crippen LogP contribution in [0.4, 0.5) is 0 Å². The van der Waals surface area contributed by atoms with Crippen LogP contribution >= 0.6 is 0 Å². The Morgan fingerprint density at radius 2 is 2.12 bits per heavy atom. The van der Waals surface area contributed by atoms with Crippen LogP contribution in [0.5, 0.6) is 0 Å². The lowest BCUT2D eigenvalue weighted by atomic mass is 10.2. The quantitative estimate of drug-likeness (QED) is 0.578. The fourth-order valence-corrected chi connectivity index (χ4v) is 1.35. The molecule has 1 aromatic carbocycles. The highest BCUT2D eigenvalue weighted by Gasteiger charge is 2.00. The minimum atomic E-state index is 0.171. The SMILES string of the molecule is COC[C@H](C)NC(N)=NCc1ccccc1. The molecule has 3 N–H and O–H groups in total. The van der Waals surface area contributed by atoms with E-state index in [9.17, 15) is 0 Å². The molecule has 0 spiro atoms. The standard InChI is InChI=1S/C12H19N3O/c1-10(9-16-2)15-12(13)14-8-11-6-4-3-5-7-11/h3-7,10H,8-9H2,1-2H3,(H3,13,14,15)/t10-/m0/s1. The van der Waals surface area contributed by atoms with E-state index < -0.39 is 0 Å². The number of benzene rings is 1. The number of hydrogen-bond acceptors (Lipinski definition) is 2. The van der Waals surface area contributed by atoms with Crippen molar-refractivity contribution in [2.75, 3.05) is 13.7 Å². The zero-order valence-corrected chi connectivity index (χ0v) is 9.81. The largest absolute Gasteiger partial charge is 0.383 e. The Morgan fingerprint density at radius 3 is 2.75 bits per heavy atom. The second-order valence-electron chi connectivity index (χ2n) is 3.69. The van der Waals surface area contributed by atoms with Gasteiger partial charge in [-0.1, -0.05) is 30.3 Å². The molecule has 0 amide bonds. The molecule has 16 heavy (non-hydrogen) atoms. The molecule has 0 aliphatic heterocycles. The van der Waals surface area contributed by atoms with E-state index in [0.717, 1.165) is 5.56 Å². The van der Waals surface area contributed by atoms with Crippen molar-refractivity contribution in [3.05, 3.63) is 35.9 Å². The van der Waals surface area contributed by atoms with Gasteiger partial charge in [0, 0.05) is 13.2 Å². The first-order valence-corrected chi connectivity index (χ1v) is 5.31. The smallest absolute Gasteiger partial charge is 0.189 e. The third-order valence-electron chi connectivity index (χ3n) is 2.09. The predicted octanol–water partition coefficient (Wildman–Crippen LogP) is 1.13. The molecule has 0 aliphatic carbocycles. The van der Waals surface area contributed by atoms with Crippen LogP contribution in [0.25, 0.3) is 0 Å². The van der Waals surface area contributed by atoms with Gasteiger partial charge in [-0.2, -0.15) is 0 Å². The number of guanidine groups is 1. The van der Waals surface area contributed by atoms with Crippen LogP contribution in [0.3, 0.4) is 0 Å². The fraction of sp³-hybridized carbons (Fsp3) is 0.417. The van der Waals surface area contributed by atoms with Crippen LogP contribution in [-0.4, -0.2) is 25.7 Å². The van der Waals surface area contributed by atoms with Gasteiger partial charge in [0.05, 0.1) is 13.2 Å². The molecule has 0 aromatic heterocycles. The van der Waals surface area contributed by atoms with Crippen LogP contribution in [0.2, 0.25) is 0 Å². The molecule has 1 rings (SSSR count). The van der Waals surface area contributed by atoms with E-state index in [1.54, 1.807) is 7.11 Å². The maximum Gasteiger partial charge on any atom is 0.189 e. The van der Waals surface area contributed by atoms with Gasteiger partial charge in [0.2, 0.25) is 0 Å². The van der Waals surface area contributed by atoms with Crippen molar-refractivity contribution in [1.29, 1.82) is 0 Å². The molecule has 0 aliphatic rings. The highest BCUT2D eigenvalue weighted by Crippen LogP contribution is 1.99. The van der Waals surface area contributed by atoms with Crippen LogP contribution in [0, 0.1) is 0 Å². The zero-order chi connectivity index (χ0) is 11.8. The summed E-state index contributed by atoms with van der Waals surface area (Å²) in [5, 5.41) is 3.05. The topological polar surface area (TPSA) is 59.6 Å². The van der Waals surface area contributed by atoms with E-state index in [2.05, 4.69) is 10.3 Å². The Bertz CT molecular complexity index is 324. The number of nitrogens with two attached hydrogens (primary N) is 1. The first-order chi connectivity index (χ1) is 7.72. The highest BCUT2D eigenvalue weighted by atomic mass is 16.5. The van der Waals surface area contributed by atoms with Gasteiger partial charge in [0.1, 0.15) is 0 Å². The third kappa shape index (κ3) is 4.79. The lowest BCUT2D eigenvalue weighted by molar-refractivity contribution is 0.179. The Balaban J connectivity index is 2.39. The number of rotatable bonds is 5. The van der Waals surface area contributed by atoms with Crippen molar-refractivity contribution in [1.82, 2.24) is 5.32 Å². The molecule has 4 heteroatoms. The normalized spacial score (nSPS) is 13.5. The Labute approximate surface area is 96.5 Å². The molecular formula is C12H19N3O. The summed E-state index contributed by atoms with van der Waals surface area (Å²) in [5.74, 6) is 0.452. The second-order valence-corrected chi connectivity index (χ2v) is 3.69. The summed E-state index contributed by atoms with van der Waals surface area (Å²) in [6.07, 6.45) is 0. The van der Waals surface area contributed by atoms with Crippen LogP contribution in [0.1, 0.15) is 12.5 Å². The van der Waals surface area contributed by atoms with E-state index in [-0.39, 0.29) is 6.04 Å². The van der Waals surface area contributed by atoms with Crippen LogP contribution in [0.15, 0.2) is 35.3 Å². The molecule has 0 radical (unpaired) electrons. The lowest BCUT2D eigenvalue weighted by Gasteiger charge is -2.12. The summed E-state index contributed by atoms with van der Waals surface area (Å²) in [6.45, 7) is 3.20. The van der Waals surface area contributed by atoms with Gasteiger partial charge in [0.15, 0.2) is 5.96 Å². The number of nitrogens with one attached hydrogen (secondary N) is 1. The summed E-state index contributed by atoms with van der Waals surface area (Å²) in [5.41, 5.74) is 6.88. The molecule has 0 saturated heterocycles. The van der Waals surface area contributed by atoms with E-state index in [4.69, 9.17) is 10.5 Å². The first-order valence-electron chi connectivity index (χ1n) is 5.31. The second kappa shape index (κ2) is 6.85. The average molecular weight is 221 g/mol. The molecule has 1 atom stereocenters. The third-order valence-corrected chi connectivity index (χ3v) is 2.09. The van der Waals surface area contributed by atoms with Crippen molar-refractivity contribution in [2.45, 2.75) is 19.5 Å². The maximum absolute atomic E-state index is 5.74. The van der Waals surface area contributed by atoms with Gasteiger partial charge in [-0.05, 0) is 12.5 Å². The minimum Gasteiger partial charge on any atom is -0.383 e.